The van der Waals surface area contributed by atoms with Crippen molar-refractivity contribution in [3.63, 3.8) is 0 Å². The zero-order valence-electron chi connectivity index (χ0n) is 7.33. The van der Waals surface area contributed by atoms with Crippen LogP contribution in [0.3, 0.4) is 0 Å². The highest BCUT2D eigenvalue weighted by Gasteiger charge is 2.27. The molecule has 1 rings (SSSR count). The van der Waals surface area contributed by atoms with E-state index in [1.165, 1.54) is 0 Å². The maximum absolute atomic E-state index is 11.1. The summed E-state index contributed by atoms with van der Waals surface area (Å²) < 4.78 is 56.1. The van der Waals surface area contributed by atoms with Gasteiger partial charge in [0.15, 0.2) is 5.15 Å². The van der Waals surface area contributed by atoms with Crippen molar-refractivity contribution in [2.45, 2.75) is 10.2 Å². The Kier molecular flexibility index (Phi) is 4.19. The fourth-order valence-corrected chi connectivity index (χ4v) is 2.56. The van der Waals surface area contributed by atoms with E-state index in [0.29, 0.717) is 0 Å². The molecule has 0 saturated carbocycles. The van der Waals surface area contributed by atoms with E-state index < -0.39 is 40.6 Å². The molecule has 13 heteroatoms. The van der Waals surface area contributed by atoms with E-state index in [-0.39, 0.29) is 0 Å². The second-order valence-electron chi connectivity index (χ2n) is 2.41. The van der Waals surface area contributed by atoms with Gasteiger partial charge in [-0.05, 0) is 0 Å². The highest BCUT2D eigenvalue weighted by molar-refractivity contribution is 7.87. The van der Waals surface area contributed by atoms with Gasteiger partial charge in [-0.25, -0.2) is 9.97 Å². The zero-order valence-corrected chi connectivity index (χ0v) is 11.2. The van der Waals surface area contributed by atoms with E-state index in [4.69, 9.17) is 27.8 Å². The maximum Gasteiger partial charge on any atom is 0.349 e. The van der Waals surface area contributed by atoms with Crippen molar-refractivity contribution in [1.82, 2.24) is 9.97 Å². The number of hydrogen-bond acceptors (Lipinski definition) is 7. The van der Waals surface area contributed by atoms with Crippen LogP contribution >= 0.6 is 35.1 Å². The monoisotopic (exact) mass is 342 g/mol. The van der Waals surface area contributed by atoms with Crippen molar-refractivity contribution < 1.29 is 25.1 Å². The second kappa shape index (κ2) is 4.80. The summed E-state index contributed by atoms with van der Waals surface area (Å²) >= 11 is 15.4. The topological polar surface area (TPSA) is 124 Å². The Labute approximate surface area is 111 Å². The minimum absolute atomic E-state index is 0.707. The average Bonchev–Trinajstić information content (AvgIpc) is 2.19. The lowest BCUT2D eigenvalue weighted by Gasteiger charge is -2.03. The first-order chi connectivity index (χ1) is 7.59. The molecule has 0 aliphatic heterocycles. The van der Waals surface area contributed by atoms with E-state index in [1.54, 1.807) is 0 Å². The van der Waals surface area contributed by atoms with Crippen molar-refractivity contribution >= 4 is 55.3 Å². The Morgan fingerprint density at radius 3 is 2.06 bits per heavy atom. The first-order valence-corrected chi connectivity index (χ1v) is 7.26. The molecule has 8 nitrogen and oxygen atoms in total. The van der Waals surface area contributed by atoms with Crippen LogP contribution in [-0.2, 0) is 24.0 Å². The molecule has 0 atom stereocenters. The van der Waals surface area contributed by atoms with Crippen LogP contribution in [0.2, 0.25) is 10.2 Å². The molecular weight excluding hydrogens is 343 g/mol. The van der Waals surface area contributed by atoms with Gasteiger partial charge in [0.25, 0.3) is 5.16 Å². The normalized spacial score (nSPS) is 12.7. The molecule has 96 valence electrons. The van der Waals surface area contributed by atoms with Crippen LogP contribution in [0.25, 0.3) is 0 Å². The summed E-state index contributed by atoms with van der Waals surface area (Å²) in [5, 5.41) is -3.77. The number of nitrogens with zero attached hydrogens (tertiary/aromatic N) is 2. The Balaban J connectivity index is 3.68. The average molecular weight is 344 g/mol. The molecule has 17 heavy (non-hydrogen) atoms. The van der Waals surface area contributed by atoms with Gasteiger partial charge in [-0.2, -0.15) is 16.8 Å². The third-order valence-electron chi connectivity index (χ3n) is 1.31. The van der Waals surface area contributed by atoms with Gasteiger partial charge in [0, 0.05) is 0 Å². The van der Waals surface area contributed by atoms with Gasteiger partial charge in [0.2, 0.25) is 5.03 Å². The summed E-state index contributed by atoms with van der Waals surface area (Å²) in [6.45, 7) is 0. The molecule has 1 heterocycles. The van der Waals surface area contributed by atoms with Gasteiger partial charge in [0.05, 0.1) is 11.9 Å². The standard InChI is InChI=1S/C4HCl3N2O6S2/c5-1-2(6)8-4(17(13,14)15-7)9-3(1)16(10,11)12/h(H,10,11,12). The molecule has 0 radical (unpaired) electrons. The summed E-state index contributed by atoms with van der Waals surface area (Å²) in [5.41, 5.74) is 0. The lowest BCUT2D eigenvalue weighted by atomic mass is 10.7. The van der Waals surface area contributed by atoms with E-state index in [1.807, 2.05) is 0 Å². The number of halogens is 3. The van der Waals surface area contributed by atoms with Gasteiger partial charge in [-0.15, -0.1) is 3.74 Å². The van der Waals surface area contributed by atoms with Crippen molar-refractivity contribution in [3.8, 4) is 0 Å². The molecular formula is C4HCl3N2O6S2. The molecule has 1 N–H and O–H groups in total. The quantitative estimate of drug-likeness (QED) is 0.487. The predicted octanol–water partition coefficient (Wildman–Crippen LogP) is 0.889. The van der Waals surface area contributed by atoms with E-state index in [9.17, 15) is 16.8 Å². The zero-order chi connectivity index (χ0) is 13.4. The van der Waals surface area contributed by atoms with Crippen molar-refractivity contribution in [2.75, 3.05) is 0 Å². The maximum atomic E-state index is 11.1. The van der Waals surface area contributed by atoms with Crippen LogP contribution in [-0.4, -0.2) is 31.4 Å². The van der Waals surface area contributed by atoms with Crippen LogP contribution in [0.5, 0.6) is 0 Å². The van der Waals surface area contributed by atoms with Crippen molar-refractivity contribution in [3.05, 3.63) is 10.2 Å². The smallest absolute Gasteiger partial charge is 0.281 e. The molecule has 1 aromatic rings. The Morgan fingerprint density at radius 2 is 1.65 bits per heavy atom. The first kappa shape index (κ1) is 14.8. The fraction of sp³-hybridized carbons (Fsp3) is 0. The third-order valence-corrected chi connectivity index (χ3v) is 4.23. The van der Waals surface area contributed by atoms with E-state index in [0.717, 1.165) is 0 Å². The first-order valence-electron chi connectivity index (χ1n) is 3.35. The molecule has 0 saturated heterocycles. The number of hydrogen-bond donors (Lipinski definition) is 1. The van der Waals surface area contributed by atoms with Crippen LogP contribution in [0.15, 0.2) is 10.2 Å². The molecule has 0 bridgehead atoms. The molecule has 0 unspecified atom stereocenters. The van der Waals surface area contributed by atoms with Crippen LogP contribution < -0.4 is 0 Å². The number of rotatable bonds is 3. The molecule has 1 aromatic heterocycles. The van der Waals surface area contributed by atoms with E-state index in [2.05, 4.69) is 25.6 Å². The highest BCUT2D eigenvalue weighted by Crippen LogP contribution is 2.27. The lowest BCUT2D eigenvalue weighted by molar-refractivity contribution is 0.474. The Hall–Kier alpha value is -0.230. The Morgan fingerprint density at radius 1 is 1.12 bits per heavy atom. The summed E-state index contributed by atoms with van der Waals surface area (Å²) in [6, 6.07) is 0. The van der Waals surface area contributed by atoms with Gasteiger partial charge >= 0.3 is 20.2 Å². The van der Waals surface area contributed by atoms with E-state index >= 15 is 0 Å². The van der Waals surface area contributed by atoms with Crippen LogP contribution in [0, 0.1) is 0 Å². The molecule has 0 aliphatic rings. The fourth-order valence-electron chi connectivity index (χ4n) is 0.693. The molecule has 0 aliphatic carbocycles. The summed E-state index contributed by atoms with van der Waals surface area (Å²) in [7, 11) is -9.47. The summed E-state index contributed by atoms with van der Waals surface area (Å²) in [5.74, 6) is 0. The SMILES string of the molecule is O=S(=O)(O)c1nc(S(=O)(=O)OCl)nc(Cl)c1Cl. The number of aromatic nitrogens is 2. The van der Waals surface area contributed by atoms with Gasteiger partial charge in [0.1, 0.15) is 5.02 Å². The minimum atomic E-state index is -4.88. The molecule has 0 fully saturated rings. The van der Waals surface area contributed by atoms with Crippen LogP contribution in [0.1, 0.15) is 0 Å². The second-order valence-corrected chi connectivity index (χ2v) is 6.26. The van der Waals surface area contributed by atoms with Crippen molar-refractivity contribution in [2.24, 2.45) is 0 Å². The van der Waals surface area contributed by atoms with Gasteiger partial charge in [-0.3, -0.25) is 4.55 Å². The van der Waals surface area contributed by atoms with Crippen molar-refractivity contribution in [1.29, 1.82) is 0 Å². The van der Waals surface area contributed by atoms with Crippen LogP contribution in [0.4, 0.5) is 0 Å². The molecule has 0 aromatic carbocycles. The predicted molar refractivity (Wildman–Crippen MR) is 56.0 cm³/mol. The molecule has 0 amide bonds. The highest BCUT2D eigenvalue weighted by atomic mass is 35.5. The van der Waals surface area contributed by atoms with Gasteiger partial charge in [-0.1, -0.05) is 23.2 Å². The summed E-state index contributed by atoms with van der Waals surface area (Å²) in [6.07, 6.45) is 0. The minimum Gasteiger partial charge on any atom is -0.281 e. The Bertz CT molecular complexity index is 656. The third kappa shape index (κ3) is 3.16. The lowest BCUT2D eigenvalue weighted by Crippen LogP contribution is -2.12. The van der Waals surface area contributed by atoms with Gasteiger partial charge < -0.3 is 0 Å². The largest absolute Gasteiger partial charge is 0.349 e. The summed E-state index contributed by atoms with van der Waals surface area (Å²) in [4.78, 5) is 6.12. The molecule has 0 spiro atoms.